The first-order valence-electron chi connectivity index (χ1n) is 7.62. The van der Waals surface area contributed by atoms with E-state index in [0.717, 1.165) is 23.3 Å². The number of carbonyl (C=O) groups excluding carboxylic acids is 3. The van der Waals surface area contributed by atoms with Crippen molar-refractivity contribution in [1.29, 1.82) is 0 Å². The maximum Gasteiger partial charge on any atom is 0.329 e. The van der Waals surface area contributed by atoms with Gasteiger partial charge in [-0.15, -0.1) is 0 Å². The largest absolute Gasteiger partial charge is 0.464 e. The third kappa shape index (κ3) is 3.97. The van der Waals surface area contributed by atoms with E-state index >= 15 is 0 Å². The fraction of sp³-hybridized carbons (Fsp3) is 0.353. The molecule has 1 saturated heterocycles. The topological polar surface area (TPSA) is 75.7 Å². The second-order valence-electron chi connectivity index (χ2n) is 5.27. The van der Waals surface area contributed by atoms with Crippen molar-refractivity contribution in [2.24, 2.45) is 0 Å². The van der Waals surface area contributed by atoms with Crippen LogP contribution in [0.3, 0.4) is 0 Å². The smallest absolute Gasteiger partial charge is 0.329 e. The molecule has 0 radical (unpaired) electrons. The SMILES string of the molecule is CCCCOC(=O)C(C)N1C(=O)NC(=Cc2ccccc2)C1=O. The number of imide groups is 1. The molecule has 122 valence electrons. The molecule has 1 N–H and O–H groups in total. The molecule has 0 saturated carbocycles. The molecule has 1 unspecified atom stereocenters. The number of urea groups is 1. The minimum absolute atomic E-state index is 0.148. The number of nitrogens with one attached hydrogen (secondary N) is 1. The average molecular weight is 316 g/mol. The van der Waals surface area contributed by atoms with Crippen molar-refractivity contribution in [1.82, 2.24) is 10.2 Å². The number of benzene rings is 1. The molecule has 6 heteroatoms. The van der Waals surface area contributed by atoms with Gasteiger partial charge in [0.1, 0.15) is 11.7 Å². The predicted molar refractivity (Wildman–Crippen MR) is 85.1 cm³/mol. The molecule has 0 aliphatic carbocycles. The number of carbonyl (C=O) groups is 3. The summed E-state index contributed by atoms with van der Waals surface area (Å²) in [5.74, 6) is -1.11. The molecule has 1 atom stereocenters. The first kappa shape index (κ1) is 16.7. The van der Waals surface area contributed by atoms with Gasteiger partial charge in [-0.2, -0.15) is 0 Å². The summed E-state index contributed by atoms with van der Waals surface area (Å²) >= 11 is 0. The summed E-state index contributed by atoms with van der Waals surface area (Å²) in [6.45, 7) is 3.75. The molecular formula is C17H20N2O4. The van der Waals surface area contributed by atoms with Gasteiger partial charge in [0.2, 0.25) is 0 Å². The Bertz CT molecular complexity index is 625. The quantitative estimate of drug-likeness (QED) is 0.378. The number of amides is 3. The van der Waals surface area contributed by atoms with E-state index in [2.05, 4.69) is 5.32 Å². The van der Waals surface area contributed by atoms with Crippen LogP contribution in [0.1, 0.15) is 32.3 Å². The van der Waals surface area contributed by atoms with E-state index in [1.165, 1.54) is 6.92 Å². The molecule has 3 amide bonds. The molecule has 1 fully saturated rings. The molecule has 1 heterocycles. The van der Waals surface area contributed by atoms with Crippen molar-refractivity contribution in [3.63, 3.8) is 0 Å². The Balaban J connectivity index is 2.09. The van der Waals surface area contributed by atoms with Crippen LogP contribution in [0.5, 0.6) is 0 Å². The fourth-order valence-corrected chi connectivity index (χ4v) is 2.16. The maximum atomic E-state index is 12.4. The van der Waals surface area contributed by atoms with Crippen LogP contribution in [0.4, 0.5) is 4.79 Å². The van der Waals surface area contributed by atoms with Crippen LogP contribution >= 0.6 is 0 Å². The van der Waals surface area contributed by atoms with Gasteiger partial charge in [0, 0.05) is 0 Å². The first-order chi connectivity index (χ1) is 11.0. The Morgan fingerprint density at radius 2 is 2.00 bits per heavy atom. The van der Waals surface area contributed by atoms with Gasteiger partial charge in [-0.05, 0) is 25.0 Å². The molecular weight excluding hydrogens is 296 g/mol. The molecule has 0 bridgehead atoms. The lowest BCUT2D eigenvalue weighted by atomic mass is 10.2. The van der Waals surface area contributed by atoms with Crippen molar-refractivity contribution < 1.29 is 19.1 Å². The van der Waals surface area contributed by atoms with Gasteiger partial charge < -0.3 is 10.1 Å². The van der Waals surface area contributed by atoms with Gasteiger partial charge in [0.15, 0.2) is 0 Å². The first-order valence-corrected chi connectivity index (χ1v) is 7.62. The van der Waals surface area contributed by atoms with E-state index in [1.54, 1.807) is 6.08 Å². The molecule has 0 spiro atoms. The Morgan fingerprint density at radius 3 is 2.65 bits per heavy atom. The summed E-state index contributed by atoms with van der Waals surface area (Å²) in [5.41, 5.74) is 0.936. The maximum absolute atomic E-state index is 12.4. The Morgan fingerprint density at radius 1 is 1.30 bits per heavy atom. The minimum Gasteiger partial charge on any atom is -0.464 e. The second-order valence-corrected chi connectivity index (χ2v) is 5.27. The molecule has 0 aromatic heterocycles. The van der Waals surface area contributed by atoms with Crippen LogP contribution in [-0.2, 0) is 14.3 Å². The monoisotopic (exact) mass is 316 g/mol. The Hall–Kier alpha value is -2.63. The fourth-order valence-electron chi connectivity index (χ4n) is 2.16. The van der Waals surface area contributed by atoms with Crippen LogP contribution in [-0.4, -0.2) is 35.5 Å². The molecule has 2 rings (SSSR count). The summed E-state index contributed by atoms with van der Waals surface area (Å²) in [5, 5.41) is 2.50. The normalized spacial score (nSPS) is 17.3. The molecule has 1 aliphatic heterocycles. The van der Waals surface area contributed by atoms with Crippen molar-refractivity contribution >= 4 is 24.0 Å². The van der Waals surface area contributed by atoms with Crippen molar-refractivity contribution in [3.8, 4) is 0 Å². The van der Waals surface area contributed by atoms with Crippen LogP contribution in [0.15, 0.2) is 36.0 Å². The summed E-state index contributed by atoms with van der Waals surface area (Å²) in [6.07, 6.45) is 3.22. The lowest BCUT2D eigenvalue weighted by Crippen LogP contribution is -2.44. The van der Waals surface area contributed by atoms with Gasteiger partial charge in [0.25, 0.3) is 5.91 Å². The lowest BCUT2D eigenvalue weighted by Gasteiger charge is -2.19. The predicted octanol–water partition coefficient (Wildman–Crippen LogP) is 2.31. The van der Waals surface area contributed by atoms with Crippen LogP contribution in [0.2, 0.25) is 0 Å². The number of nitrogens with zero attached hydrogens (tertiary/aromatic N) is 1. The zero-order valence-electron chi connectivity index (χ0n) is 13.2. The number of esters is 1. The van der Waals surface area contributed by atoms with Gasteiger partial charge in [-0.25, -0.2) is 14.5 Å². The highest BCUT2D eigenvalue weighted by Crippen LogP contribution is 2.17. The van der Waals surface area contributed by atoms with Crippen molar-refractivity contribution in [3.05, 3.63) is 41.6 Å². The van der Waals surface area contributed by atoms with Gasteiger partial charge in [0.05, 0.1) is 6.61 Å². The van der Waals surface area contributed by atoms with Crippen LogP contribution < -0.4 is 5.32 Å². The van der Waals surface area contributed by atoms with Gasteiger partial charge in [-0.1, -0.05) is 43.7 Å². The molecule has 6 nitrogen and oxygen atoms in total. The van der Waals surface area contributed by atoms with E-state index in [0.29, 0.717) is 0 Å². The van der Waals surface area contributed by atoms with Crippen molar-refractivity contribution in [2.45, 2.75) is 32.7 Å². The van der Waals surface area contributed by atoms with E-state index in [9.17, 15) is 14.4 Å². The summed E-state index contributed by atoms with van der Waals surface area (Å²) < 4.78 is 5.07. The molecule has 23 heavy (non-hydrogen) atoms. The number of rotatable bonds is 6. The minimum atomic E-state index is -0.957. The van der Waals surface area contributed by atoms with E-state index in [-0.39, 0.29) is 12.3 Å². The lowest BCUT2D eigenvalue weighted by molar-refractivity contribution is -0.151. The molecule has 1 aromatic carbocycles. The molecule has 1 aliphatic rings. The van der Waals surface area contributed by atoms with E-state index in [4.69, 9.17) is 4.74 Å². The van der Waals surface area contributed by atoms with Gasteiger partial charge in [-0.3, -0.25) is 4.79 Å². The highest BCUT2D eigenvalue weighted by Gasteiger charge is 2.40. The second kappa shape index (κ2) is 7.58. The number of unbranched alkanes of at least 4 members (excludes halogenated alkanes) is 1. The zero-order valence-corrected chi connectivity index (χ0v) is 13.2. The highest BCUT2D eigenvalue weighted by molar-refractivity contribution is 6.15. The Kier molecular flexibility index (Phi) is 5.51. The Labute approximate surface area is 135 Å². The van der Waals surface area contributed by atoms with E-state index < -0.39 is 23.9 Å². The third-order valence-corrected chi connectivity index (χ3v) is 3.49. The summed E-state index contributed by atoms with van der Waals surface area (Å²) in [6, 6.07) is 7.59. The third-order valence-electron chi connectivity index (χ3n) is 3.49. The van der Waals surface area contributed by atoms with E-state index in [1.807, 2.05) is 37.3 Å². The van der Waals surface area contributed by atoms with Crippen LogP contribution in [0.25, 0.3) is 6.08 Å². The standard InChI is InChI=1S/C17H20N2O4/c1-3-4-10-23-16(21)12(2)19-15(20)14(18-17(19)22)11-13-8-6-5-7-9-13/h5-9,11-12H,3-4,10H2,1-2H3,(H,18,22). The van der Waals surface area contributed by atoms with Crippen LogP contribution in [0, 0.1) is 0 Å². The summed E-state index contributed by atoms with van der Waals surface area (Å²) in [7, 11) is 0. The summed E-state index contributed by atoms with van der Waals surface area (Å²) in [4.78, 5) is 37.2. The number of hydrogen-bond donors (Lipinski definition) is 1. The highest BCUT2D eigenvalue weighted by atomic mass is 16.5. The number of ether oxygens (including phenoxy) is 1. The zero-order chi connectivity index (χ0) is 16.8. The number of hydrogen-bond acceptors (Lipinski definition) is 4. The average Bonchev–Trinajstić information content (AvgIpc) is 2.82. The van der Waals surface area contributed by atoms with Crippen molar-refractivity contribution in [2.75, 3.05) is 6.61 Å². The van der Waals surface area contributed by atoms with Gasteiger partial charge >= 0.3 is 12.0 Å². The molecule has 1 aromatic rings.